The van der Waals surface area contributed by atoms with Gasteiger partial charge in [0.2, 0.25) is 5.91 Å². The Balaban J connectivity index is 1.72. The summed E-state index contributed by atoms with van der Waals surface area (Å²) < 4.78 is 6.87. The highest BCUT2D eigenvalue weighted by molar-refractivity contribution is 7.23. The molecule has 0 aliphatic carbocycles. The summed E-state index contributed by atoms with van der Waals surface area (Å²) in [4.78, 5) is 34.1. The summed E-state index contributed by atoms with van der Waals surface area (Å²) >= 11 is 3.20. The molecule has 0 bridgehead atoms. The Labute approximate surface area is 234 Å². The van der Waals surface area contributed by atoms with Crippen LogP contribution in [0.2, 0.25) is 0 Å². The number of rotatable bonds is 7. The van der Waals surface area contributed by atoms with Crippen molar-refractivity contribution in [2.45, 2.75) is 98.4 Å². The predicted molar refractivity (Wildman–Crippen MR) is 158 cm³/mol. The molecule has 2 unspecified atom stereocenters. The number of aryl methyl sites for hydroxylation is 1. The summed E-state index contributed by atoms with van der Waals surface area (Å²) in [6.45, 7) is 16.7. The molecule has 0 saturated carbocycles. The summed E-state index contributed by atoms with van der Waals surface area (Å²) in [5.74, 6) is -0.0256. The van der Waals surface area contributed by atoms with Crippen LogP contribution in [0.25, 0.3) is 20.8 Å². The lowest BCUT2D eigenvalue weighted by Gasteiger charge is -2.39. The van der Waals surface area contributed by atoms with Crippen LogP contribution in [0, 0.1) is 6.92 Å². The Hall–Kier alpha value is -2.49. The third-order valence-electron chi connectivity index (χ3n) is 6.88. The third-order valence-corrected chi connectivity index (χ3v) is 9.25. The van der Waals surface area contributed by atoms with E-state index in [4.69, 9.17) is 9.72 Å². The van der Waals surface area contributed by atoms with Gasteiger partial charge in [-0.3, -0.25) is 9.69 Å². The fraction of sp³-hybridized carbons (Fsp3) is 0.552. The molecule has 9 heteroatoms. The van der Waals surface area contributed by atoms with E-state index in [1.54, 1.807) is 22.7 Å². The number of amides is 2. The van der Waals surface area contributed by atoms with Gasteiger partial charge in [0.1, 0.15) is 15.6 Å². The molecule has 38 heavy (non-hydrogen) atoms. The van der Waals surface area contributed by atoms with E-state index >= 15 is 0 Å². The molecular weight excluding hydrogens is 516 g/mol. The zero-order valence-electron chi connectivity index (χ0n) is 23.7. The molecule has 3 atom stereocenters. The second-order valence-corrected chi connectivity index (χ2v) is 13.4. The molecular formula is C29H40N4O3S2. The fourth-order valence-electron chi connectivity index (χ4n) is 4.80. The van der Waals surface area contributed by atoms with Gasteiger partial charge in [-0.05, 0) is 84.6 Å². The molecule has 0 radical (unpaired) electrons. The topological polar surface area (TPSA) is 83.6 Å². The maximum absolute atomic E-state index is 13.2. The van der Waals surface area contributed by atoms with Gasteiger partial charge in [-0.15, -0.1) is 22.7 Å². The first-order chi connectivity index (χ1) is 17.9. The second-order valence-electron chi connectivity index (χ2n) is 11.3. The maximum Gasteiger partial charge on any atom is 0.411 e. The number of anilines is 1. The van der Waals surface area contributed by atoms with Crippen LogP contribution in [0.5, 0.6) is 0 Å². The van der Waals surface area contributed by atoms with Crippen molar-refractivity contribution >= 4 is 49.9 Å². The number of aromatic nitrogens is 1. The lowest BCUT2D eigenvalue weighted by molar-refractivity contribution is -0.116. The van der Waals surface area contributed by atoms with Gasteiger partial charge in [-0.25, -0.2) is 9.78 Å². The number of thiophene rings is 1. The van der Waals surface area contributed by atoms with Gasteiger partial charge in [-0.1, -0.05) is 13.0 Å². The first-order valence-corrected chi connectivity index (χ1v) is 15.1. The molecule has 1 aromatic carbocycles. The number of nitrogens with zero attached hydrogens (tertiary/aromatic N) is 2. The van der Waals surface area contributed by atoms with E-state index in [2.05, 4.69) is 56.5 Å². The number of nitrogens with one attached hydrogen (secondary N) is 2. The van der Waals surface area contributed by atoms with Crippen molar-refractivity contribution in [3.05, 3.63) is 34.2 Å². The van der Waals surface area contributed by atoms with Crippen molar-refractivity contribution in [2.75, 3.05) is 11.9 Å². The van der Waals surface area contributed by atoms with E-state index in [9.17, 15) is 9.59 Å². The first-order valence-electron chi connectivity index (χ1n) is 13.5. The minimum absolute atomic E-state index is 0.0256. The van der Waals surface area contributed by atoms with E-state index in [0.29, 0.717) is 25.4 Å². The monoisotopic (exact) mass is 556 g/mol. The van der Waals surface area contributed by atoms with E-state index in [-0.39, 0.29) is 24.1 Å². The average molecular weight is 557 g/mol. The summed E-state index contributed by atoms with van der Waals surface area (Å²) in [5.41, 5.74) is 3.72. The van der Waals surface area contributed by atoms with Gasteiger partial charge in [0.25, 0.3) is 0 Å². The van der Waals surface area contributed by atoms with E-state index < -0.39 is 5.60 Å². The molecule has 4 rings (SSSR count). The van der Waals surface area contributed by atoms with Crippen LogP contribution in [0.1, 0.15) is 83.4 Å². The Morgan fingerprint density at radius 1 is 1.24 bits per heavy atom. The molecule has 3 heterocycles. The number of fused-ring (bicyclic) bond motifs is 2. The van der Waals surface area contributed by atoms with Gasteiger partial charge in [-0.2, -0.15) is 0 Å². The van der Waals surface area contributed by atoms with Crippen molar-refractivity contribution in [2.24, 2.45) is 0 Å². The molecule has 206 valence electrons. The van der Waals surface area contributed by atoms with Gasteiger partial charge in [0, 0.05) is 35.5 Å². The van der Waals surface area contributed by atoms with Crippen molar-refractivity contribution in [3.63, 3.8) is 0 Å². The quantitative estimate of drug-likeness (QED) is 0.319. The van der Waals surface area contributed by atoms with Crippen molar-refractivity contribution in [1.29, 1.82) is 0 Å². The molecule has 2 amide bonds. The second kappa shape index (κ2) is 11.3. The number of carbonyl (C=O) groups excluding carboxylic acids is 2. The Morgan fingerprint density at radius 2 is 1.97 bits per heavy atom. The number of hydrogen-bond donors (Lipinski definition) is 2. The summed E-state index contributed by atoms with van der Waals surface area (Å²) in [6, 6.07) is 6.45. The number of ether oxygens (including phenoxy) is 1. The highest BCUT2D eigenvalue weighted by Gasteiger charge is 2.39. The summed E-state index contributed by atoms with van der Waals surface area (Å²) in [6.07, 6.45) is 1.77. The number of carbonyl (C=O) groups is 2. The minimum Gasteiger partial charge on any atom is -0.444 e. The maximum atomic E-state index is 13.2. The SMILES string of the molecule is CC[C@H](C)NCCC(=O)Nc1sc2c(c1-c1nc3cc(C)ccc3s1)CC(C)N(C(=O)OC(C)(C)C)C2C. The summed E-state index contributed by atoms with van der Waals surface area (Å²) in [5, 5.41) is 8.31. The van der Waals surface area contributed by atoms with Gasteiger partial charge >= 0.3 is 6.09 Å². The molecule has 7 nitrogen and oxygen atoms in total. The van der Waals surface area contributed by atoms with E-state index in [1.165, 1.54) is 11.1 Å². The smallest absolute Gasteiger partial charge is 0.411 e. The normalized spacial score (nSPS) is 18.4. The Bertz CT molecular complexity index is 1320. The van der Waals surface area contributed by atoms with Crippen molar-refractivity contribution in [3.8, 4) is 10.6 Å². The van der Waals surface area contributed by atoms with Crippen LogP contribution < -0.4 is 10.6 Å². The fourth-order valence-corrected chi connectivity index (χ4v) is 7.19. The zero-order valence-corrected chi connectivity index (χ0v) is 25.4. The van der Waals surface area contributed by atoms with Crippen LogP contribution in [-0.2, 0) is 16.0 Å². The van der Waals surface area contributed by atoms with Crippen molar-refractivity contribution in [1.82, 2.24) is 15.2 Å². The zero-order chi connectivity index (χ0) is 27.8. The molecule has 2 aromatic heterocycles. The lowest BCUT2D eigenvalue weighted by Crippen LogP contribution is -2.46. The third kappa shape index (κ3) is 6.21. The Kier molecular flexibility index (Phi) is 8.49. The van der Waals surface area contributed by atoms with Crippen LogP contribution in [0.4, 0.5) is 9.80 Å². The molecule has 1 aliphatic rings. The predicted octanol–water partition coefficient (Wildman–Crippen LogP) is 7.29. The molecule has 2 N–H and O–H groups in total. The molecule has 0 fully saturated rings. The molecule has 1 aliphatic heterocycles. The number of thiazole rings is 1. The summed E-state index contributed by atoms with van der Waals surface area (Å²) in [7, 11) is 0. The van der Waals surface area contributed by atoms with E-state index in [0.717, 1.165) is 37.1 Å². The van der Waals surface area contributed by atoms with Crippen LogP contribution >= 0.6 is 22.7 Å². The van der Waals surface area contributed by atoms with Crippen LogP contribution in [0.15, 0.2) is 18.2 Å². The molecule has 0 saturated heterocycles. The Morgan fingerprint density at radius 3 is 2.66 bits per heavy atom. The van der Waals surface area contributed by atoms with Gasteiger partial charge in [0.05, 0.1) is 16.3 Å². The number of hydrogen-bond acceptors (Lipinski definition) is 7. The van der Waals surface area contributed by atoms with Gasteiger partial charge in [0.15, 0.2) is 0 Å². The highest BCUT2D eigenvalue weighted by Crippen LogP contribution is 2.50. The van der Waals surface area contributed by atoms with Crippen LogP contribution in [0.3, 0.4) is 0 Å². The largest absolute Gasteiger partial charge is 0.444 e. The molecule has 3 aromatic rings. The number of benzene rings is 1. The molecule has 0 spiro atoms. The van der Waals surface area contributed by atoms with Crippen molar-refractivity contribution < 1.29 is 14.3 Å². The minimum atomic E-state index is -0.570. The lowest BCUT2D eigenvalue weighted by atomic mass is 9.93. The highest BCUT2D eigenvalue weighted by atomic mass is 32.1. The van der Waals surface area contributed by atoms with Gasteiger partial charge < -0.3 is 15.4 Å². The first kappa shape index (κ1) is 28.5. The standard InChI is InChI=1S/C29H40N4O3S2/c1-9-17(3)30-13-12-23(34)32-27-24(26-31-21-14-16(2)10-11-22(21)37-26)20-15-18(4)33(19(5)25(20)38-27)28(35)36-29(6,7)8/h10-11,14,17-19,30H,9,12-13,15H2,1-8H3,(H,32,34)/t17-,18?,19?/m0/s1. The van der Waals surface area contributed by atoms with Crippen LogP contribution in [-0.4, -0.2) is 46.1 Å². The van der Waals surface area contributed by atoms with E-state index in [1.807, 2.05) is 32.6 Å². The average Bonchev–Trinajstić information content (AvgIpc) is 3.38.